The highest BCUT2D eigenvalue weighted by atomic mass is 16.3. The van der Waals surface area contributed by atoms with Crippen LogP contribution in [-0.2, 0) is 0 Å². The molecule has 19 heavy (non-hydrogen) atoms. The average Bonchev–Trinajstić information content (AvgIpc) is 2.42. The molecule has 0 saturated heterocycles. The SMILES string of the molecule is CC(C)n1ccnc(NC2(CO)CCCCC2)c1=O. The lowest BCUT2D eigenvalue weighted by Crippen LogP contribution is -2.46. The lowest BCUT2D eigenvalue weighted by Gasteiger charge is -2.36. The maximum atomic E-state index is 12.3. The number of aliphatic hydroxyl groups excluding tert-OH is 1. The Labute approximate surface area is 113 Å². The van der Waals surface area contributed by atoms with Crippen molar-refractivity contribution in [3.63, 3.8) is 0 Å². The Bertz CT molecular complexity index is 476. The van der Waals surface area contributed by atoms with Crippen molar-refractivity contribution in [2.45, 2.75) is 57.5 Å². The zero-order valence-corrected chi connectivity index (χ0v) is 11.7. The van der Waals surface area contributed by atoms with Gasteiger partial charge in [-0.15, -0.1) is 0 Å². The van der Waals surface area contributed by atoms with Gasteiger partial charge in [-0.1, -0.05) is 19.3 Å². The molecule has 0 unspecified atom stereocenters. The second-order valence-electron chi connectivity index (χ2n) is 5.71. The summed E-state index contributed by atoms with van der Waals surface area (Å²) in [7, 11) is 0. The first-order chi connectivity index (χ1) is 9.08. The summed E-state index contributed by atoms with van der Waals surface area (Å²) in [5.74, 6) is 0.354. The van der Waals surface area contributed by atoms with Gasteiger partial charge >= 0.3 is 0 Å². The highest BCUT2D eigenvalue weighted by Crippen LogP contribution is 2.30. The van der Waals surface area contributed by atoms with Crippen LogP contribution in [0.4, 0.5) is 5.82 Å². The van der Waals surface area contributed by atoms with Crippen molar-refractivity contribution < 1.29 is 5.11 Å². The van der Waals surface area contributed by atoms with Crippen LogP contribution in [0.1, 0.15) is 52.0 Å². The second-order valence-corrected chi connectivity index (χ2v) is 5.71. The van der Waals surface area contributed by atoms with Crippen molar-refractivity contribution in [2.24, 2.45) is 0 Å². The fourth-order valence-corrected chi connectivity index (χ4v) is 2.72. The van der Waals surface area contributed by atoms with Gasteiger partial charge < -0.3 is 15.0 Å². The molecule has 1 aliphatic rings. The Hall–Kier alpha value is -1.36. The Kier molecular flexibility index (Phi) is 4.24. The molecule has 5 nitrogen and oxygen atoms in total. The van der Waals surface area contributed by atoms with Crippen molar-refractivity contribution in [1.29, 1.82) is 0 Å². The highest BCUT2D eigenvalue weighted by molar-refractivity contribution is 5.35. The third-order valence-electron chi connectivity index (χ3n) is 3.92. The molecule has 5 heteroatoms. The van der Waals surface area contributed by atoms with E-state index in [0.29, 0.717) is 5.82 Å². The van der Waals surface area contributed by atoms with Gasteiger partial charge in [-0.2, -0.15) is 0 Å². The highest BCUT2D eigenvalue weighted by Gasteiger charge is 2.32. The molecule has 0 atom stereocenters. The van der Waals surface area contributed by atoms with Crippen LogP contribution in [-0.4, -0.2) is 26.8 Å². The Morgan fingerprint density at radius 3 is 2.68 bits per heavy atom. The van der Waals surface area contributed by atoms with Gasteiger partial charge in [-0.3, -0.25) is 4.79 Å². The van der Waals surface area contributed by atoms with Crippen LogP contribution >= 0.6 is 0 Å². The normalized spacial score (nSPS) is 18.5. The number of hydrogen-bond acceptors (Lipinski definition) is 4. The predicted molar refractivity (Wildman–Crippen MR) is 75.4 cm³/mol. The molecule has 1 aromatic rings. The third kappa shape index (κ3) is 2.97. The molecule has 0 aromatic carbocycles. The standard InChI is InChI=1S/C14H23N3O2/c1-11(2)17-9-8-15-12(13(17)19)16-14(10-18)6-4-3-5-7-14/h8-9,11,18H,3-7,10H2,1-2H3,(H,15,16). The van der Waals surface area contributed by atoms with E-state index in [2.05, 4.69) is 10.3 Å². The third-order valence-corrected chi connectivity index (χ3v) is 3.92. The first kappa shape index (κ1) is 14.1. The number of rotatable bonds is 4. The minimum absolute atomic E-state index is 0.0463. The Morgan fingerprint density at radius 2 is 2.11 bits per heavy atom. The van der Waals surface area contributed by atoms with E-state index < -0.39 is 0 Å². The molecule has 0 spiro atoms. The van der Waals surface area contributed by atoms with E-state index in [1.807, 2.05) is 13.8 Å². The van der Waals surface area contributed by atoms with Gasteiger partial charge in [0.15, 0.2) is 5.82 Å². The molecule has 1 fully saturated rings. The number of nitrogens with zero attached hydrogens (tertiary/aromatic N) is 2. The largest absolute Gasteiger partial charge is 0.394 e. The summed E-state index contributed by atoms with van der Waals surface area (Å²) in [5, 5.41) is 12.9. The van der Waals surface area contributed by atoms with Crippen molar-refractivity contribution in [3.8, 4) is 0 Å². The first-order valence-electron chi connectivity index (χ1n) is 7.04. The fourth-order valence-electron chi connectivity index (χ4n) is 2.72. The van der Waals surface area contributed by atoms with Crippen molar-refractivity contribution >= 4 is 5.82 Å². The number of hydrogen-bond donors (Lipinski definition) is 2. The summed E-state index contributed by atoms with van der Waals surface area (Å²) in [6, 6.07) is 0.104. The van der Waals surface area contributed by atoms with Crippen LogP contribution in [0, 0.1) is 0 Å². The Morgan fingerprint density at radius 1 is 1.42 bits per heavy atom. The molecule has 1 aromatic heterocycles. The summed E-state index contributed by atoms with van der Waals surface area (Å²) >= 11 is 0. The van der Waals surface area contributed by atoms with Crippen LogP contribution in [0.25, 0.3) is 0 Å². The van der Waals surface area contributed by atoms with Crippen molar-refractivity contribution in [1.82, 2.24) is 9.55 Å². The number of aromatic nitrogens is 2. The van der Waals surface area contributed by atoms with Crippen LogP contribution in [0.15, 0.2) is 17.2 Å². The summed E-state index contributed by atoms with van der Waals surface area (Å²) in [5.41, 5.74) is -0.489. The summed E-state index contributed by atoms with van der Waals surface area (Å²) < 4.78 is 1.66. The van der Waals surface area contributed by atoms with Crippen molar-refractivity contribution in [2.75, 3.05) is 11.9 Å². The minimum Gasteiger partial charge on any atom is -0.394 e. The van der Waals surface area contributed by atoms with E-state index in [1.54, 1.807) is 17.0 Å². The van der Waals surface area contributed by atoms with Gasteiger partial charge in [0.2, 0.25) is 0 Å². The van der Waals surface area contributed by atoms with E-state index in [4.69, 9.17) is 0 Å². The molecule has 0 radical (unpaired) electrons. The van der Waals surface area contributed by atoms with Crippen LogP contribution in [0.3, 0.4) is 0 Å². The van der Waals surface area contributed by atoms with E-state index in [9.17, 15) is 9.90 Å². The predicted octanol–water partition coefficient (Wildman–Crippen LogP) is 1.93. The molecule has 1 saturated carbocycles. The molecule has 0 bridgehead atoms. The molecule has 1 aliphatic carbocycles. The van der Waals surface area contributed by atoms with E-state index in [-0.39, 0.29) is 23.7 Å². The fraction of sp³-hybridized carbons (Fsp3) is 0.714. The molecule has 2 N–H and O–H groups in total. The van der Waals surface area contributed by atoms with Crippen LogP contribution in [0.5, 0.6) is 0 Å². The van der Waals surface area contributed by atoms with E-state index in [1.165, 1.54) is 6.42 Å². The smallest absolute Gasteiger partial charge is 0.293 e. The number of anilines is 1. The Balaban J connectivity index is 2.27. The number of aliphatic hydroxyl groups is 1. The molecule has 1 heterocycles. The summed E-state index contributed by atoms with van der Waals surface area (Å²) in [4.78, 5) is 16.5. The first-order valence-corrected chi connectivity index (χ1v) is 7.04. The van der Waals surface area contributed by atoms with Gasteiger partial charge in [0.1, 0.15) is 0 Å². The van der Waals surface area contributed by atoms with Gasteiger partial charge in [0, 0.05) is 18.4 Å². The van der Waals surface area contributed by atoms with Gasteiger partial charge in [-0.05, 0) is 26.7 Å². The lowest BCUT2D eigenvalue weighted by molar-refractivity contribution is 0.172. The topological polar surface area (TPSA) is 67.2 Å². The van der Waals surface area contributed by atoms with E-state index in [0.717, 1.165) is 25.7 Å². The second kappa shape index (κ2) is 5.74. The van der Waals surface area contributed by atoms with Crippen molar-refractivity contribution in [3.05, 3.63) is 22.7 Å². The van der Waals surface area contributed by atoms with E-state index >= 15 is 0 Å². The lowest BCUT2D eigenvalue weighted by atomic mass is 9.82. The molecular weight excluding hydrogens is 242 g/mol. The maximum Gasteiger partial charge on any atom is 0.293 e. The average molecular weight is 265 g/mol. The van der Waals surface area contributed by atoms with Crippen LogP contribution < -0.4 is 10.9 Å². The van der Waals surface area contributed by atoms with Gasteiger partial charge in [0.25, 0.3) is 5.56 Å². The van der Waals surface area contributed by atoms with Crippen LogP contribution in [0.2, 0.25) is 0 Å². The summed E-state index contributed by atoms with van der Waals surface area (Å²) in [6.45, 7) is 3.98. The molecule has 0 amide bonds. The quantitative estimate of drug-likeness (QED) is 0.873. The molecular formula is C14H23N3O2. The molecule has 106 valence electrons. The molecule has 0 aliphatic heterocycles. The van der Waals surface area contributed by atoms with Gasteiger partial charge in [-0.25, -0.2) is 4.98 Å². The summed E-state index contributed by atoms with van der Waals surface area (Å²) in [6.07, 6.45) is 8.48. The zero-order valence-electron chi connectivity index (χ0n) is 11.7. The molecule has 2 rings (SSSR count). The minimum atomic E-state index is -0.374. The zero-order chi connectivity index (χ0) is 13.9. The number of nitrogens with one attached hydrogen (secondary N) is 1. The van der Waals surface area contributed by atoms with Gasteiger partial charge in [0.05, 0.1) is 12.1 Å². The monoisotopic (exact) mass is 265 g/mol. The maximum absolute atomic E-state index is 12.3.